The molecule has 3 N–H and O–H groups in total. The van der Waals surface area contributed by atoms with Gasteiger partial charge in [0.25, 0.3) is 11.8 Å². The van der Waals surface area contributed by atoms with E-state index in [4.69, 9.17) is 15.2 Å². The summed E-state index contributed by atoms with van der Waals surface area (Å²) in [7, 11) is 1.03. The minimum Gasteiger partial charge on any atom is -0.493 e. The molecule has 2 heterocycles. The summed E-state index contributed by atoms with van der Waals surface area (Å²) in [6.07, 6.45) is -5.41. The van der Waals surface area contributed by atoms with Crippen molar-refractivity contribution in [1.29, 1.82) is 0 Å². The zero-order valence-electron chi connectivity index (χ0n) is 18.6. The maximum absolute atomic E-state index is 14.4. The van der Waals surface area contributed by atoms with Gasteiger partial charge in [0, 0.05) is 29.3 Å². The Morgan fingerprint density at radius 3 is 2.47 bits per heavy atom. The third-order valence-electron chi connectivity index (χ3n) is 6.18. The summed E-state index contributed by atoms with van der Waals surface area (Å²) < 4.78 is 80.4. The number of rotatable bonds is 5. The summed E-state index contributed by atoms with van der Waals surface area (Å²) in [5.74, 6) is -7.94. The molecule has 2 aromatic rings. The van der Waals surface area contributed by atoms with Gasteiger partial charge in [-0.15, -0.1) is 0 Å². The number of methoxy groups -OCH3 is 1. The Morgan fingerprint density at radius 2 is 1.91 bits per heavy atom. The van der Waals surface area contributed by atoms with E-state index in [1.165, 1.54) is 19.2 Å². The molecule has 3 rings (SSSR count). The molecule has 1 aromatic carbocycles. The maximum Gasteiger partial charge on any atom is 0.417 e. The number of carbonyl (C=O) groups excluding carboxylic acids is 2. The number of amides is 2. The van der Waals surface area contributed by atoms with E-state index in [-0.39, 0.29) is 16.9 Å². The second-order valence-corrected chi connectivity index (χ2v) is 8.18. The Bertz CT molecular complexity index is 1140. The number of halogens is 5. The number of nitrogens with two attached hydrogens (primary N) is 1. The summed E-state index contributed by atoms with van der Waals surface area (Å²) in [6.45, 7) is 3.53. The van der Waals surface area contributed by atoms with Crippen molar-refractivity contribution in [2.24, 2.45) is 11.7 Å². The van der Waals surface area contributed by atoms with Crippen LogP contribution in [0, 0.1) is 24.5 Å². The predicted molar refractivity (Wildman–Crippen MR) is 110 cm³/mol. The number of hydrogen-bond acceptors (Lipinski definition) is 5. The van der Waals surface area contributed by atoms with Crippen molar-refractivity contribution in [3.05, 3.63) is 52.9 Å². The number of nitrogens with zero attached hydrogens (tertiary/aromatic N) is 1. The molecule has 0 spiro atoms. The standard InChI is InChI=1S/C22H22F5N3O4/c1-9-8-29-14(19(28)31)7-13(9)30-20(32)18-15(10(2)21(3,34-18)22(25,26)27)11-5-6-12(23)16(24)17(11)33-4/h5-8,10,15,18H,1-4H3,(H2,28,31)(H,29,30,32)/t10-,15-,18+,21+/m0/s1. The zero-order valence-corrected chi connectivity index (χ0v) is 18.6. The number of aromatic nitrogens is 1. The Labute approximate surface area is 191 Å². The number of anilines is 1. The van der Waals surface area contributed by atoms with Crippen LogP contribution in [-0.2, 0) is 9.53 Å². The number of alkyl halides is 3. The summed E-state index contributed by atoms with van der Waals surface area (Å²) >= 11 is 0. The van der Waals surface area contributed by atoms with Crippen LogP contribution < -0.4 is 15.8 Å². The smallest absolute Gasteiger partial charge is 0.417 e. The van der Waals surface area contributed by atoms with E-state index in [1.807, 2.05) is 0 Å². The molecule has 1 aromatic heterocycles. The molecule has 1 fully saturated rings. The Morgan fingerprint density at radius 1 is 1.26 bits per heavy atom. The van der Waals surface area contributed by atoms with Crippen molar-refractivity contribution >= 4 is 17.5 Å². The largest absolute Gasteiger partial charge is 0.493 e. The molecule has 0 bridgehead atoms. The molecular weight excluding hydrogens is 465 g/mol. The van der Waals surface area contributed by atoms with Crippen LogP contribution in [0.5, 0.6) is 5.75 Å². The molecule has 7 nitrogen and oxygen atoms in total. The summed E-state index contributed by atoms with van der Waals surface area (Å²) in [5.41, 5.74) is 2.53. The summed E-state index contributed by atoms with van der Waals surface area (Å²) in [6, 6.07) is 2.97. The van der Waals surface area contributed by atoms with Crippen molar-refractivity contribution in [2.75, 3.05) is 12.4 Å². The highest BCUT2D eigenvalue weighted by Gasteiger charge is 2.65. The van der Waals surface area contributed by atoms with Crippen LogP contribution in [-0.4, -0.2) is 41.8 Å². The van der Waals surface area contributed by atoms with Gasteiger partial charge in [-0.3, -0.25) is 14.6 Å². The van der Waals surface area contributed by atoms with Gasteiger partial charge >= 0.3 is 6.18 Å². The van der Waals surface area contributed by atoms with Gasteiger partial charge < -0.3 is 20.5 Å². The van der Waals surface area contributed by atoms with Gasteiger partial charge in [0.15, 0.2) is 17.2 Å². The number of ether oxygens (including phenoxy) is 2. The van der Waals surface area contributed by atoms with E-state index in [1.54, 1.807) is 6.92 Å². The van der Waals surface area contributed by atoms with Crippen molar-refractivity contribution in [2.45, 2.75) is 44.6 Å². The Balaban J connectivity index is 2.10. The molecular formula is C22H22F5N3O4. The fourth-order valence-corrected chi connectivity index (χ4v) is 4.04. The third-order valence-corrected chi connectivity index (χ3v) is 6.18. The van der Waals surface area contributed by atoms with Gasteiger partial charge in [0.05, 0.1) is 7.11 Å². The van der Waals surface area contributed by atoms with E-state index in [0.717, 1.165) is 26.2 Å². The van der Waals surface area contributed by atoms with E-state index >= 15 is 0 Å². The molecule has 4 atom stereocenters. The van der Waals surface area contributed by atoms with Gasteiger partial charge in [-0.1, -0.05) is 13.0 Å². The molecule has 1 aliphatic rings. The van der Waals surface area contributed by atoms with Crippen LogP contribution >= 0.6 is 0 Å². The molecule has 0 radical (unpaired) electrons. The molecule has 2 amide bonds. The molecule has 34 heavy (non-hydrogen) atoms. The Hall–Kier alpha value is -3.28. The first-order chi connectivity index (χ1) is 15.7. The fraction of sp³-hybridized carbons (Fsp3) is 0.409. The van der Waals surface area contributed by atoms with Crippen LogP contribution in [0.4, 0.5) is 27.6 Å². The van der Waals surface area contributed by atoms with E-state index in [9.17, 15) is 31.5 Å². The van der Waals surface area contributed by atoms with Gasteiger partial charge in [-0.25, -0.2) is 4.39 Å². The number of nitrogens with one attached hydrogen (secondary N) is 1. The zero-order chi connectivity index (χ0) is 25.6. The first-order valence-electron chi connectivity index (χ1n) is 10.1. The number of carbonyl (C=O) groups is 2. The first kappa shape index (κ1) is 25.3. The average Bonchev–Trinajstić information content (AvgIpc) is 3.03. The summed E-state index contributed by atoms with van der Waals surface area (Å²) in [4.78, 5) is 28.4. The highest BCUT2D eigenvalue weighted by atomic mass is 19.4. The predicted octanol–water partition coefficient (Wildman–Crippen LogP) is 3.85. The second-order valence-electron chi connectivity index (χ2n) is 8.18. The lowest BCUT2D eigenvalue weighted by Gasteiger charge is -2.32. The lowest BCUT2D eigenvalue weighted by molar-refractivity contribution is -0.272. The van der Waals surface area contributed by atoms with E-state index < -0.39 is 58.9 Å². The normalized spacial score (nSPS) is 24.7. The van der Waals surface area contributed by atoms with Crippen molar-refractivity contribution < 1.29 is 41.0 Å². The average molecular weight is 487 g/mol. The Kier molecular flexibility index (Phi) is 6.57. The SMILES string of the molecule is COc1c([C@H]2[C@H](C(=O)Nc3cc(C(N)=O)ncc3C)O[C@@](C)(C(F)(F)F)[C@H]2C)ccc(F)c1F. The van der Waals surface area contributed by atoms with Crippen LogP contribution in [0.3, 0.4) is 0 Å². The summed E-state index contributed by atoms with van der Waals surface area (Å²) in [5, 5.41) is 2.43. The van der Waals surface area contributed by atoms with Crippen molar-refractivity contribution in [3.63, 3.8) is 0 Å². The number of benzene rings is 1. The van der Waals surface area contributed by atoms with E-state index in [2.05, 4.69) is 10.3 Å². The molecule has 1 aliphatic heterocycles. The van der Waals surface area contributed by atoms with Crippen molar-refractivity contribution in [3.8, 4) is 5.75 Å². The van der Waals surface area contributed by atoms with Gasteiger partial charge in [0.1, 0.15) is 11.8 Å². The van der Waals surface area contributed by atoms with Crippen LogP contribution in [0.15, 0.2) is 24.4 Å². The molecule has 0 aliphatic carbocycles. The van der Waals surface area contributed by atoms with E-state index in [0.29, 0.717) is 5.56 Å². The van der Waals surface area contributed by atoms with Crippen LogP contribution in [0.2, 0.25) is 0 Å². The minimum atomic E-state index is -4.89. The highest BCUT2D eigenvalue weighted by Crippen LogP contribution is 2.55. The minimum absolute atomic E-state index is 0.0710. The molecule has 12 heteroatoms. The lowest BCUT2D eigenvalue weighted by atomic mass is 9.77. The number of hydrogen-bond donors (Lipinski definition) is 2. The number of primary amides is 1. The van der Waals surface area contributed by atoms with Crippen molar-refractivity contribution in [1.82, 2.24) is 4.98 Å². The van der Waals surface area contributed by atoms with Crippen LogP contribution in [0.25, 0.3) is 0 Å². The topological polar surface area (TPSA) is 104 Å². The van der Waals surface area contributed by atoms with Crippen LogP contribution in [0.1, 0.15) is 41.4 Å². The quantitative estimate of drug-likeness (QED) is 0.624. The molecule has 184 valence electrons. The molecule has 1 saturated heterocycles. The fourth-order valence-electron chi connectivity index (χ4n) is 4.04. The van der Waals surface area contributed by atoms with Gasteiger partial charge in [-0.2, -0.15) is 17.6 Å². The number of pyridine rings is 1. The highest BCUT2D eigenvalue weighted by molar-refractivity contribution is 5.98. The third kappa shape index (κ3) is 4.17. The molecule has 0 saturated carbocycles. The van der Waals surface area contributed by atoms with Gasteiger partial charge in [-0.05, 0) is 31.5 Å². The first-order valence-corrected chi connectivity index (χ1v) is 10.1. The van der Waals surface area contributed by atoms with Gasteiger partial charge in [0.2, 0.25) is 5.82 Å². The maximum atomic E-state index is 14.4. The number of aryl methyl sites for hydroxylation is 1. The monoisotopic (exact) mass is 487 g/mol. The molecule has 0 unspecified atom stereocenters. The lowest BCUT2D eigenvalue weighted by Crippen LogP contribution is -2.47. The second kappa shape index (κ2) is 8.82.